The molecule has 2 aromatic rings. The van der Waals surface area contributed by atoms with Gasteiger partial charge in [-0.3, -0.25) is 4.90 Å². The summed E-state index contributed by atoms with van der Waals surface area (Å²) in [7, 11) is 0. The number of aryl methyl sites for hydroxylation is 2. The average Bonchev–Trinajstić information content (AvgIpc) is 2.88. The van der Waals surface area contributed by atoms with Crippen LogP contribution < -0.4 is 0 Å². The predicted molar refractivity (Wildman–Crippen MR) is 92.2 cm³/mol. The first-order valence-corrected chi connectivity index (χ1v) is 8.83. The van der Waals surface area contributed by atoms with Crippen molar-refractivity contribution in [3.63, 3.8) is 0 Å². The fourth-order valence-corrected chi connectivity index (χ4v) is 4.13. The Morgan fingerprint density at radius 3 is 2.70 bits per heavy atom. The van der Waals surface area contributed by atoms with E-state index in [0.29, 0.717) is 11.5 Å². The van der Waals surface area contributed by atoms with Crippen molar-refractivity contribution in [1.82, 2.24) is 9.88 Å². The lowest BCUT2D eigenvalue weighted by atomic mass is 9.98. The zero-order chi connectivity index (χ0) is 16.4. The lowest BCUT2D eigenvalue weighted by Gasteiger charge is -2.31. The van der Waals surface area contributed by atoms with Gasteiger partial charge in [-0.2, -0.15) is 0 Å². The highest BCUT2D eigenvalue weighted by Crippen LogP contribution is 2.31. The number of benzene rings is 1. The number of aromatic carboxylic acids is 1. The SMILES string of the molecule is Cc1nc(C2CCCN(Cc3ccc(C(=O)O)cc3)C2)sc1C. The molecule has 5 heteroatoms. The van der Waals surface area contributed by atoms with E-state index < -0.39 is 5.97 Å². The molecule has 1 N–H and O–H groups in total. The zero-order valence-electron chi connectivity index (χ0n) is 13.6. The largest absolute Gasteiger partial charge is 0.478 e. The number of carbonyl (C=O) groups is 1. The Bertz CT molecular complexity index is 674. The summed E-state index contributed by atoms with van der Waals surface area (Å²) in [6.45, 7) is 7.23. The van der Waals surface area contributed by atoms with Crippen molar-refractivity contribution in [3.8, 4) is 0 Å². The molecule has 0 bridgehead atoms. The van der Waals surface area contributed by atoms with E-state index in [1.54, 1.807) is 12.1 Å². The number of carboxylic acid groups (broad SMARTS) is 1. The number of hydrogen-bond donors (Lipinski definition) is 1. The number of piperidine rings is 1. The Labute approximate surface area is 140 Å². The van der Waals surface area contributed by atoms with Gasteiger partial charge in [-0.1, -0.05) is 12.1 Å². The molecule has 0 radical (unpaired) electrons. The standard InChI is InChI=1S/C18H22N2O2S/c1-12-13(2)23-17(19-12)16-4-3-9-20(11-16)10-14-5-7-15(8-6-14)18(21)22/h5-8,16H,3-4,9-11H2,1-2H3,(H,21,22). The predicted octanol–water partition coefficient (Wildman–Crippen LogP) is 3.84. The summed E-state index contributed by atoms with van der Waals surface area (Å²) in [5.74, 6) is -0.344. The van der Waals surface area contributed by atoms with Gasteiger partial charge in [0.15, 0.2) is 0 Å². The van der Waals surface area contributed by atoms with Crippen molar-refractivity contribution in [2.24, 2.45) is 0 Å². The molecule has 0 amide bonds. The first kappa shape index (κ1) is 16.1. The van der Waals surface area contributed by atoms with Crippen LogP contribution in [-0.2, 0) is 6.54 Å². The van der Waals surface area contributed by atoms with Crippen LogP contribution in [0.4, 0.5) is 0 Å². The van der Waals surface area contributed by atoms with Gasteiger partial charge in [0.25, 0.3) is 0 Å². The van der Waals surface area contributed by atoms with Gasteiger partial charge in [0.05, 0.1) is 16.3 Å². The maximum absolute atomic E-state index is 10.9. The molecule has 122 valence electrons. The molecule has 0 saturated carbocycles. The third kappa shape index (κ3) is 3.79. The van der Waals surface area contributed by atoms with Crippen LogP contribution in [0.25, 0.3) is 0 Å². The van der Waals surface area contributed by atoms with Crippen molar-refractivity contribution >= 4 is 17.3 Å². The minimum atomic E-state index is -0.871. The average molecular weight is 330 g/mol. The summed E-state index contributed by atoms with van der Waals surface area (Å²) >= 11 is 1.83. The molecular weight excluding hydrogens is 308 g/mol. The summed E-state index contributed by atoms with van der Waals surface area (Å²) < 4.78 is 0. The van der Waals surface area contributed by atoms with E-state index in [4.69, 9.17) is 10.1 Å². The van der Waals surface area contributed by atoms with Crippen LogP contribution in [0, 0.1) is 13.8 Å². The van der Waals surface area contributed by atoms with Gasteiger partial charge in [0, 0.05) is 23.9 Å². The van der Waals surface area contributed by atoms with Crippen LogP contribution in [0.1, 0.15) is 50.3 Å². The molecule has 1 saturated heterocycles. The van der Waals surface area contributed by atoms with E-state index in [9.17, 15) is 4.79 Å². The summed E-state index contributed by atoms with van der Waals surface area (Å²) in [6, 6.07) is 7.22. The summed E-state index contributed by atoms with van der Waals surface area (Å²) in [4.78, 5) is 19.4. The van der Waals surface area contributed by atoms with Crippen LogP contribution in [0.15, 0.2) is 24.3 Å². The van der Waals surface area contributed by atoms with Gasteiger partial charge in [0.2, 0.25) is 0 Å². The van der Waals surface area contributed by atoms with E-state index in [2.05, 4.69) is 18.7 Å². The fraction of sp³-hybridized carbons (Fsp3) is 0.444. The Hall–Kier alpha value is -1.72. The van der Waals surface area contributed by atoms with Gasteiger partial charge in [-0.05, 0) is 50.9 Å². The number of rotatable bonds is 4. The number of likely N-dealkylation sites (tertiary alicyclic amines) is 1. The zero-order valence-corrected chi connectivity index (χ0v) is 14.4. The Morgan fingerprint density at radius 1 is 1.35 bits per heavy atom. The second kappa shape index (κ2) is 6.81. The van der Waals surface area contributed by atoms with Gasteiger partial charge >= 0.3 is 5.97 Å². The second-order valence-electron chi connectivity index (χ2n) is 6.27. The van der Waals surface area contributed by atoms with Gasteiger partial charge in [-0.25, -0.2) is 9.78 Å². The molecule has 1 fully saturated rings. The normalized spacial score (nSPS) is 19.0. The quantitative estimate of drug-likeness (QED) is 0.925. The molecule has 23 heavy (non-hydrogen) atoms. The Balaban J connectivity index is 1.65. The van der Waals surface area contributed by atoms with Crippen LogP contribution in [0.2, 0.25) is 0 Å². The maximum Gasteiger partial charge on any atom is 0.335 e. The minimum absolute atomic E-state index is 0.346. The summed E-state index contributed by atoms with van der Waals surface area (Å²) in [6.07, 6.45) is 2.40. The van der Waals surface area contributed by atoms with Crippen molar-refractivity contribution in [1.29, 1.82) is 0 Å². The highest BCUT2D eigenvalue weighted by molar-refractivity contribution is 7.11. The molecular formula is C18H22N2O2S. The summed E-state index contributed by atoms with van der Waals surface area (Å²) in [5, 5.41) is 10.2. The maximum atomic E-state index is 10.9. The molecule has 1 aromatic carbocycles. The monoisotopic (exact) mass is 330 g/mol. The van der Waals surface area contributed by atoms with E-state index in [0.717, 1.165) is 25.3 Å². The van der Waals surface area contributed by atoms with E-state index in [1.807, 2.05) is 23.5 Å². The molecule has 0 spiro atoms. The molecule has 1 aliphatic rings. The summed E-state index contributed by atoms with van der Waals surface area (Å²) in [5.41, 5.74) is 2.67. The topological polar surface area (TPSA) is 53.4 Å². The number of nitrogens with zero attached hydrogens (tertiary/aromatic N) is 2. The lowest BCUT2D eigenvalue weighted by Crippen LogP contribution is -2.33. The van der Waals surface area contributed by atoms with Crippen molar-refractivity contribution in [3.05, 3.63) is 51.0 Å². The van der Waals surface area contributed by atoms with E-state index >= 15 is 0 Å². The number of thiazole rings is 1. The van der Waals surface area contributed by atoms with Gasteiger partial charge < -0.3 is 5.11 Å². The fourth-order valence-electron chi connectivity index (χ4n) is 3.08. The number of hydrogen-bond acceptors (Lipinski definition) is 4. The van der Waals surface area contributed by atoms with Crippen molar-refractivity contribution in [2.75, 3.05) is 13.1 Å². The van der Waals surface area contributed by atoms with E-state index in [1.165, 1.54) is 28.3 Å². The molecule has 1 atom stereocenters. The Kier molecular flexibility index (Phi) is 4.78. The second-order valence-corrected chi connectivity index (χ2v) is 7.50. The molecule has 4 nitrogen and oxygen atoms in total. The van der Waals surface area contributed by atoms with Crippen molar-refractivity contribution < 1.29 is 9.90 Å². The molecule has 1 unspecified atom stereocenters. The first-order valence-electron chi connectivity index (χ1n) is 8.01. The van der Waals surface area contributed by atoms with Crippen LogP contribution in [0.3, 0.4) is 0 Å². The molecule has 1 aromatic heterocycles. The van der Waals surface area contributed by atoms with Crippen LogP contribution >= 0.6 is 11.3 Å². The number of aromatic nitrogens is 1. The van der Waals surface area contributed by atoms with E-state index in [-0.39, 0.29) is 0 Å². The minimum Gasteiger partial charge on any atom is -0.478 e. The lowest BCUT2D eigenvalue weighted by molar-refractivity contribution is 0.0697. The molecule has 2 heterocycles. The highest BCUT2D eigenvalue weighted by atomic mass is 32.1. The molecule has 1 aliphatic heterocycles. The highest BCUT2D eigenvalue weighted by Gasteiger charge is 2.24. The smallest absolute Gasteiger partial charge is 0.335 e. The first-order chi connectivity index (χ1) is 11.0. The molecule has 0 aliphatic carbocycles. The van der Waals surface area contributed by atoms with Crippen LogP contribution in [-0.4, -0.2) is 34.0 Å². The third-order valence-electron chi connectivity index (χ3n) is 4.51. The number of carboxylic acids is 1. The van der Waals surface area contributed by atoms with Crippen LogP contribution in [0.5, 0.6) is 0 Å². The molecule has 3 rings (SSSR count). The Morgan fingerprint density at radius 2 is 2.09 bits per heavy atom. The van der Waals surface area contributed by atoms with Crippen molar-refractivity contribution in [2.45, 2.75) is 39.2 Å². The van der Waals surface area contributed by atoms with Gasteiger partial charge in [0.1, 0.15) is 0 Å². The van der Waals surface area contributed by atoms with Gasteiger partial charge in [-0.15, -0.1) is 11.3 Å². The third-order valence-corrected chi connectivity index (χ3v) is 5.74.